The largest absolute Gasteiger partial charge is 0.339 e. The van der Waals surface area contributed by atoms with E-state index in [1.807, 2.05) is 25.7 Å². The summed E-state index contributed by atoms with van der Waals surface area (Å²) in [7, 11) is 0. The van der Waals surface area contributed by atoms with E-state index in [2.05, 4.69) is 19.1 Å². The van der Waals surface area contributed by atoms with Crippen LogP contribution in [-0.2, 0) is 0 Å². The minimum absolute atomic E-state index is 0.123. The molecule has 2 nitrogen and oxygen atoms in total. The number of alkyl halides is 1. The van der Waals surface area contributed by atoms with Crippen LogP contribution in [0.2, 0.25) is 0 Å². The van der Waals surface area contributed by atoms with Gasteiger partial charge in [-0.15, -0.1) is 11.6 Å². The molecule has 0 radical (unpaired) electrons. The van der Waals surface area contributed by atoms with Crippen molar-refractivity contribution < 1.29 is 4.79 Å². The van der Waals surface area contributed by atoms with Crippen molar-refractivity contribution >= 4 is 17.5 Å². The van der Waals surface area contributed by atoms with Gasteiger partial charge >= 0.3 is 0 Å². The quantitative estimate of drug-likeness (QED) is 0.745. The molecule has 100 valence electrons. The Labute approximate surface area is 115 Å². The fraction of sp³-hybridized carbons (Fsp3) is 0.533. The topological polar surface area (TPSA) is 20.3 Å². The van der Waals surface area contributed by atoms with Crippen LogP contribution < -0.4 is 0 Å². The van der Waals surface area contributed by atoms with Gasteiger partial charge < -0.3 is 4.90 Å². The van der Waals surface area contributed by atoms with Gasteiger partial charge in [0, 0.05) is 24.5 Å². The van der Waals surface area contributed by atoms with Crippen molar-refractivity contribution in [2.45, 2.75) is 34.1 Å². The number of benzene rings is 1. The second-order valence-electron chi connectivity index (χ2n) is 4.70. The minimum Gasteiger partial charge on any atom is -0.339 e. The highest BCUT2D eigenvalue weighted by Crippen LogP contribution is 2.18. The summed E-state index contributed by atoms with van der Waals surface area (Å²) in [6.07, 6.45) is 0.838. The van der Waals surface area contributed by atoms with Crippen molar-refractivity contribution in [3.8, 4) is 0 Å². The van der Waals surface area contributed by atoms with Gasteiger partial charge in [-0.25, -0.2) is 0 Å². The molecule has 0 spiro atoms. The predicted molar refractivity (Wildman–Crippen MR) is 77.6 cm³/mol. The first-order valence-electron chi connectivity index (χ1n) is 6.44. The van der Waals surface area contributed by atoms with E-state index in [0.717, 1.165) is 36.2 Å². The molecule has 1 aromatic rings. The third kappa shape index (κ3) is 3.49. The van der Waals surface area contributed by atoms with Gasteiger partial charge in [0.05, 0.1) is 0 Å². The number of hydrogen-bond donors (Lipinski definition) is 0. The van der Waals surface area contributed by atoms with E-state index in [1.165, 1.54) is 5.56 Å². The molecule has 3 heteroatoms. The summed E-state index contributed by atoms with van der Waals surface area (Å²) < 4.78 is 0. The van der Waals surface area contributed by atoms with Crippen molar-refractivity contribution in [1.82, 2.24) is 4.90 Å². The van der Waals surface area contributed by atoms with Crippen LogP contribution in [0.15, 0.2) is 12.1 Å². The summed E-state index contributed by atoms with van der Waals surface area (Å²) in [6.45, 7) is 9.52. The van der Waals surface area contributed by atoms with Gasteiger partial charge in [0.15, 0.2) is 0 Å². The number of halogens is 1. The molecule has 1 amide bonds. The minimum atomic E-state index is 0.123. The zero-order valence-corrected chi connectivity index (χ0v) is 12.5. The monoisotopic (exact) mass is 267 g/mol. The Balaban J connectivity index is 3.01. The maximum Gasteiger partial charge on any atom is 0.254 e. The molecule has 0 unspecified atom stereocenters. The highest BCUT2D eigenvalue weighted by Gasteiger charge is 2.18. The van der Waals surface area contributed by atoms with E-state index in [4.69, 9.17) is 11.6 Å². The molecule has 0 aliphatic carbocycles. The van der Waals surface area contributed by atoms with Crippen molar-refractivity contribution in [3.63, 3.8) is 0 Å². The SMILES string of the molecule is CCN(CCCCl)C(=O)c1c(C)cc(C)cc1C. The van der Waals surface area contributed by atoms with Gasteiger partial charge in [-0.3, -0.25) is 4.79 Å². The van der Waals surface area contributed by atoms with E-state index < -0.39 is 0 Å². The van der Waals surface area contributed by atoms with E-state index in [9.17, 15) is 4.79 Å². The van der Waals surface area contributed by atoms with Crippen molar-refractivity contribution in [2.75, 3.05) is 19.0 Å². The Morgan fingerprint density at radius 2 is 1.78 bits per heavy atom. The normalized spacial score (nSPS) is 10.5. The van der Waals surface area contributed by atoms with E-state index in [1.54, 1.807) is 0 Å². The second-order valence-corrected chi connectivity index (χ2v) is 5.08. The first-order chi connectivity index (χ1) is 8.51. The summed E-state index contributed by atoms with van der Waals surface area (Å²) in [5, 5.41) is 0. The Morgan fingerprint density at radius 3 is 2.22 bits per heavy atom. The maximum atomic E-state index is 12.5. The number of hydrogen-bond acceptors (Lipinski definition) is 1. The van der Waals surface area contributed by atoms with Gasteiger partial charge in [-0.05, 0) is 45.2 Å². The molecule has 0 aromatic heterocycles. The Hall–Kier alpha value is -1.02. The number of rotatable bonds is 5. The van der Waals surface area contributed by atoms with Crippen LogP contribution in [0.5, 0.6) is 0 Å². The average molecular weight is 268 g/mol. The van der Waals surface area contributed by atoms with Gasteiger partial charge in [0.1, 0.15) is 0 Å². The van der Waals surface area contributed by atoms with Crippen molar-refractivity contribution in [1.29, 1.82) is 0 Å². The molecule has 0 N–H and O–H groups in total. The Morgan fingerprint density at radius 1 is 1.22 bits per heavy atom. The van der Waals surface area contributed by atoms with E-state index in [-0.39, 0.29) is 5.91 Å². The van der Waals surface area contributed by atoms with Gasteiger partial charge in [-0.1, -0.05) is 17.7 Å². The highest BCUT2D eigenvalue weighted by molar-refractivity contribution is 6.17. The van der Waals surface area contributed by atoms with E-state index in [0.29, 0.717) is 5.88 Å². The predicted octanol–water partition coefficient (Wildman–Crippen LogP) is 3.70. The van der Waals surface area contributed by atoms with Crippen molar-refractivity contribution in [2.24, 2.45) is 0 Å². The molecule has 0 aliphatic heterocycles. The van der Waals surface area contributed by atoms with Crippen LogP contribution in [-0.4, -0.2) is 29.8 Å². The van der Waals surface area contributed by atoms with Crippen LogP contribution in [0.3, 0.4) is 0 Å². The van der Waals surface area contributed by atoms with Crippen LogP contribution in [0.25, 0.3) is 0 Å². The molecule has 0 aliphatic rings. The highest BCUT2D eigenvalue weighted by atomic mass is 35.5. The Kier molecular flexibility index (Phi) is 5.67. The van der Waals surface area contributed by atoms with Crippen LogP contribution in [0.1, 0.15) is 40.4 Å². The summed E-state index contributed by atoms with van der Waals surface area (Å²) in [5.41, 5.74) is 4.16. The first-order valence-corrected chi connectivity index (χ1v) is 6.97. The average Bonchev–Trinajstić information content (AvgIpc) is 2.28. The summed E-state index contributed by atoms with van der Waals surface area (Å²) >= 11 is 5.70. The van der Waals surface area contributed by atoms with E-state index >= 15 is 0 Å². The lowest BCUT2D eigenvalue weighted by Crippen LogP contribution is -2.33. The molecular weight excluding hydrogens is 246 g/mol. The first kappa shape index (κ1) is 15.0. The molecule has 0 saturated carbocycles. The zero-order chi connectivity index (χ0) is 13.7. The standard InChI is InChI=1S/C15H22ClNO/c1-5-17(8-6-7-16)15(18)14-12(3)9-11(2)10-13(14)4/h9-10H,5-8H2,1-4H3. The molecule has 0 saturated heterocycles. The second kappa shape index (κ2) is 6.79. The number of aryl methyl sites for hydroxylation is 3. The third-order valence-electron chi connectivity index (χ3n) is 3.12. The summed E-state index contributed by atoms with van der Waals surface area (Å²) in [5.74, 6) is 0.716. The summed E-state index contributed by atoms with van der Waals surface area (Å²) in [6, 6.07) is 4.13. The number of amides is 1. The fourth-order valence-corrected chi connectivity index (χ4v) is 2.45. The number of carbonyl (C=O) groups is 1. The van der Waals surface area contributed by atoms with Crippen LogP contribution in [0.4, 0.5) is 0 Å². The van der Waals surface area contributed by atoms with Crippen molar-refractivity contribution in [3.05, 3.63) is 34.4 Å². The zero-order valence-electron chi connectivity index (χ0n) is 11.7. The lowest BCUT2D eigenvalue weighted by Gasteiger charge is -2.22. The molecule has 0 atom stereocenters. The van der Waals surface area contributed by atoms with Crippen LogP contribution in [0, 0.1) is 20.8 Å². The lowest BCUT2D eigenvalue weighted by molar-refractivity contribution is 0.0763. The molecule has 18 heavy (non-hydrogen) atoms. The third-order valence-corrected chi connectivity index (χ3v) is 3.39. The number of nitrogens with zero attached hydrogens (tertiary/aromatic N) is 1. The molecule has 0 bridgehead atoms. The van der Waals surface area contributed by atoms with Gasteiger partial charge in [-0.2, -0.15) is 0 Å². The molecule has 1 rings (SSSR count). The fourth-order valence-electron chi connectivity index (χ4n) is 2.33. The molecule has 0 heterocycles. The van der Waals surface area contributed by atoms with Gasteiger partial charge in [0.25, 0.3) is 5.91 Å². The molecule has 1 aromatic carbocycles. The van der Waals surface area contributed by atoms with Crippen LogP contribution >= 0.6 is 11.6 Å². The Bertz CT molecular complexity index is 405. The smallest absolute Gasteiger partial charge is 0.254 e. The summed E-state index contributed by atoms with van der Waals surface area (Å²) in [4.78, 5) is 14.4. The molecule has 0 fully saturated rings. The van der Waals surface area contributed by atoms with Gasteiger partial charge in [0.2, 0.25) is 0 Å². The molecular formula is C15H22ClNO. The maximum absolute atomic E-state index is 12.5. The number of carbonyl (C=O) groups excluding carboxylic acids is 1. The lowest BCUT2D eigenvalue weighted by atomic mass is 9.98.